The van der Waals surface area contributed by atoms with Crippen LogP contribution in [0, 0.1) is 0 Å². The van der Waals surface area contributed by atoms with Crippen LogP contribution in [-0.4, -0.2) is 27.3 Å². The van der Waals surface area contributed by atoms with Crippen LogP contribution in [0.25, 0.3) is 0 Å². The molecule has 2 fully saturated rings. The first-order valence-electron chi connectivity index (χ1n) is 15.2. The third kappa shape index (κ3) is 5.88. The summed E-state index contributed by atoms with van der Waals surface area (Å²) in [5.74, 6) is 1.63. The summed E-state index contributed by atoms with van der Waals surface area (Å²) >= 11 is 0. The van der Waals surface area contributed by atoms with Gasteiger partial charge in [0.15, 0.2) is 0 Å². The predicted molar refractivity (Wildman–Crippen MR) is 147 cm³/mol. The fraction of sp³-hybridized carbons (Fsp3) is 0.656. The molecule has 1 aromatic carbocycles. The van der Waals surface area contributed by atoms with Crippen molar-refractivity contribution in [3.05, 3.63) is 57.2 Å². The lowest BCUT2D eigenvalue weighted by Gasteiger charge is -2.41. The van der Waals surface area contributed by atoms with Gasteiger partial charge in [-0.25, -0.2) is 9.97 Å². The number of benzene rings is 1. The van der Waals surface area contributed by atoms with Crippen LogP contribution in [0.2, 0.25) is 0 Å². The molecule has 0 saturated heterocycles. The molecular formula is C32H42F3N3O. The quantitative estimate of drug-likeness (QED) is 0.308. The molecule has 3 aliphatic rings. The highest BCUT2D eigenvalue weighted by Crippen LogP contribution is 2.50. The summed E-state index contributed by atoms with van der Waals surface area (Å²) in [6.07, 6.45) is 10.9. The Morgan fingerprint density at radius 2 is 1.56 bits per heavy atom. The second kappa shape index (κ2) is 12.0. The number of amides is 1. The van der Waals surface area contributed by atoms with Crippen molar-refractivity contribution < 1.29 is 18.0 Å². The number of aromatic nitrogens is 2. The zero-order valence-corrected chi connectivity index (χ0v) is 23.5. The van der Waals surface area contributed by atoms with Crippen molar-refractivity contribution in [2.24, 2.45) is 0 Å². The largest absolute Gasteiger partial charge is 0.433 e. The van der Waals surface area contributed by atoms with Gasteiger partial charge in [0.25, 0.3) is 0 Å². The second-order valence-electron chi connectivity index (χ2n) is 11.8. The number of aryl methyl sites for hydroxylation is 1. The minimum Gasteiger partial charge on any atom is -0.338 e. The molecule has 1 aliphatic heterocycles. The highest BCUT2D eigenvalue weighted by Gasteiger charge is 2.37. The van der Waals surface area contributed by atoms with E-state index in [1.807, 2.05) is 4.90 Å². The molecule has 2 aliphatic carbocycles. The van der Waals surface area contributed by atoms with Gasteiger partial charge in [-0.3, -0.25) is 4.79 Å². The number of hydrogen-bond donors (Lipinski definition) is 0. The zero-order valence-electron chi connectivity index (χ0n) is 23.5. The van der Waals surface area contributed by atoms with Crippen LogP contribution in [0.15, 0.2) is 12.3 Å². The van der Waals surface area contributed by atoms with E-state index in [-0.39, 0.29) is 18.2 Å². The molecule has 0 unspecified atom stereocenters. The Bertz CT molecular complexity index is 1180. The van der Waals surface area contributed by atoms with E-state index in [2.05, 4.69) is 23.8 Å². The van der Waals surface area contributed by atoms with E-state index >= 15 is 0 Å². The second-order valence-corrected chi connectivity index (χ2v) is 11.8. The van der Waals surface area contributed by atoms with Gasteiger partial charge in [0, 0.05) is 32.1 Å². The van der Waals surface area contributed by atoms with E-state index in [1.54, 1.807) is 22.3 Å². The Labute approximate surface area is 230 Å². The minimum atomic E-state index is -4.49. The van der Waals surface area contributed by atoms with Crippen molar-refractivity contribution in [1.29, 1.82) is 0 Å². The number of carbonyl (C=O) groups excluding carboxylic acids is 1. The topological polar surface area (TPSA) is 46.1 Å². The molecule has 4 nitrogen and oxygen atoms in total. The van der Waals surface area contributed by atoms with Crippen molar-refractivity contribution in [2.45, 2.75) is 128 Å². The predicted octanol–water partition coefficient (Wildman–Crippen LogP) is 7.84. The van der Waals surface area contributed by atoms with Gasteiger partial charge in [0.05, 0.1) is 0 Å². The van der Waals surface area contributed by atoms with Crippen LogP contribution in [0.5, 0.6) is 0 Å². The number of halogens is 3. The average Bonchev–Trinajstić information content (AvgIpc) is 2.85. The third-order valence-electron chi connectivity index (χ3n) is 9.18. The monoisotopic (exact) mass is 541 g/mol. The molecule has 212 valence electrons. The van der Waals surface area contributed by atoms with E-state index in [0.717, 1.165) is 56.8 Å². The molecule has 0 N–H and O–H groups in total. The van der Waals surface area contributed by atoms with Crippen molar-refractivity contribution in [3.63, 3.8) is 0 Å². The first-order valence-corrected chi connectivity index (χ1v) is 15.2. The third-order valence-corrected chi connectivity index (χ3v) is 9.18. The molecule has 0 atom stereocenters. The molecule has 39 heavy (non-hydrogen) atoms. The van der Waals surface area contributed by atoms with Crippen LogP contribution in [0.4, 0.5) is 13.2 Å². The molecule has 2 saturated carbocycles. The molecule has 1 amide bonds. The van der Waals surface area contributed by atoms with Crippen molar-refractivity contribution in [1.82, 2.24) is 14.9 Å². The Morgan fingerprint density at radius 3 is 2.10 bits per heavy atom. The summed E-state index contributed by atoms with van der Waals surface area (Å²) in [5, 5.41) is 0. The van der Waals surface area contributed by atoms with Gasteiger partial charge >= 0.3 is 6.18 Å². The first kappa shape index (κ1) is 28.1. The molecule has 2 heterocycles. The Kier molecular flexibility index (Phi) is 8.63. The van der Waals surface area contributed by atoms with Gasteiger partial charge < -0.3 is 4.90 Å². The van der Waals surface area contributed by atoms with Crippen molar-refractivity contribution in [2.75, 3.05) is 6.54 Å². The smallest absolute Gasteiger partial charge is 0.338 e. The summed E-state index contributed by atoms with van der Waals surface area (Å²) in [7, 11) is 0. The normalized spacial score (nSPS) is 18.0. The Balaban J connectivity index is 1.37. The van der Waals surface area contributed by atoms with Gasteiger partial charge in [0.1, 0.15) is 11.5 Å². The van der Waals surface area contributed by atoms with Crippen LogP contribution < -0.4 is 0 Å². The molecule has 2 aromatic rings. The zero-order chi connectivity index (χ0) is 27.6. The number of hydrogen-bond acceptors (Lipinski definition) is 3. The Morgan fingerprint density at radius 1 is 0.949 bits per heavy atom. The summed E-state index contributed by atoms with van der Waals surface area (Å²) in [6.45, 7) is 5.94. The number of alkyl halides is 3. The lowest BCUT2D eigenvalue weighted by atomic mass is 9.65. The summed E-state index contributed by atoms with van der Waals surface area (Å²) in [6, 6.07) is 0.884. The maximum Gasteiger partial charge on any atom is 0.433 e. The average molecular weight is 542 g/mol. The standard InChI is InChI=1S/C32H42F3N3O/c1-3-8-24-23-17-19-38(29(39)15-7-14-28-36-18-16-27(37-28)32(33,34)35)20-26(23)25(9-4-2)31(22-12-6-13-22)30(24)21-10-5-11-21/h16,18,21-22H,3-15,17,19-20H2,1-2H3. The van der Waals surface area contributed by atoms with Crippen LogP contribution in [0.1, 0.15) is 135 Å². The molecule has 1 aromatic heterocycles. The summed E-state index contributed by atoms with van der Waals surface area (Å²) < 4.78 is 39.0. The number of carbonyl (C=O) groups is 1. The molecule has 0 spiro atoms. The van der Waals surface area contributed by atoms with Gasteiger partial charge in [-0.1, -0.05) is 39.5 Å². The summed E-state index contributed by atoms with van der Waals surface area (Å²) in [4.78, 5) is 23.0. The van der Waals surface area contributed by atoms with Gasteiger partial charge in [0.2, 0.25) is 5.91 Å². The van der Waals surface area contributed by atoms with Crippen LogP contribution in [0.3, 0.4) is 0 Å². The van der Waals surface area contributed by atoms with Crippen LogP contribution >= 0.6 is 0 Å². The number of rotatable bonds is 10. The van der Waals surface area contributed by atoms with E-state index in [1.165, 1.54) is 49.7 Å². The van der Waals surface area contributed by atoms with E-state index in [9.17, 15) is 18.0 Å². The molecule has 0 bridgehead atoms. The van der Waals surface area contributed by atoms with Gasteiger partial charge in [-0.05, 0) is 103 Å². The fourth-order valence-corrected chi connectivity index (χ4v) is 6.87. The molecule has 0 radical (unpaired) electrons. The van der Waals surface area contributed by atoms with Crippen molar-refractivity contribution in [3.8, 4) is 0 Å². The first-order chi connectivity index (χ1) is 18.8. The van der Waals surface area contributed by atoms with E-state index in [4.69, 9.17) is 0 Å². The fourth-order valence-electron chi connectivity index (χ4n) is 6.87. The van der Waals surface area contributed by atoms with E-state index in [0.29, 0.717) is 25.3 Å². The number of fused-ring (bicyclic) bond motifs is 1. The Hall–Kier alpha value is -2.44. The highest BCUT2D eigenvalue weighted by atomic mass is 19.4. The lowest BCUT2D eigenvalue weighted by Crippen LogP contribution is -2.38. The minimum absolute atomic E-state index is 0.0837. The summed E-state index contributed by atoms with van der Waals surface area (Å²) in [5.41, 5.74) is 8.59. The molecular weight excluding hydrogens is 499 g/mol. The van der Waals surface area contributed by atoms with Crippen molar-refractivity contribution >= 4 is 5.91 Å². The maximum atomic E-state index is 13.3. The highest BCUT2D eigenvalue weighted by molar-refractivity contribution is 5.77. The van der Waals surface area contributed by atoms with Crippen LogP contribution in [-0.2, 0) is 43.2 Å². The van der Waals surface area contributed by atoms with E-state index < -0.39 is 11.9 Å². The maximum absolute atomic E-state index is 13.3. The molecule has 7 heteroatoms. The lowest BCUT2D eigenvalue weighted by molar-refractivity contribution is -0.141. The van der Waals surface area contributed by atoms with Gasteiger partial charge in [-0.15, -0.1) is 0 Å². The number of nitrogens with zero attached hydrogens (tertiary/aromatic N) is 3. The molecule has 5 rings (SSSR count). The van der Waals surface area contributed by atoms with Gasteiger partial charge in [-0.2, -0.15) is 13.2 Å². The SMILES string of the molecule is CCCc1c2c(c(CCC)c(C3CCC3)c1C1CCC1)CN(C(=O)CCCc1nccc(C(F)(F)F)n1)CC2.